The van der Waals surface area contributed by atoms with Crippen LogP contribution in [-0.2, 0) is 14.6 Å². The first-order valence-electron chi connectivity index (χ1n) is 11.1. The lowest BCUT2D eigenvalue weighted by molar-refractivity contribution is -0.121. The van der Waals surface area contributed by atoms with Gasteiger partial charge >= 0.3 is 0 Å². The molecule has 174 valence electrons. The van der Waals surface area contributed by atoms with E-state index in [0.29, 0.717) is 5.02 Å². The number of aryl methyl sites for hydroxylation is 1. The highest BCUT2D eigenvalue weighted by atomic mass is 35.5. The van der Waals surface area contributed by atoms with E-state index in [2.05, 4.69) is 21.3 Å². The lowest BCUT2D eigenvalue weighted by Crippen LogP contribution is -2.45. The van der Waals surface area contributed by atoms with Gasteiger partial charge in [0.2, 0.25) is 5.91 Å². The van der Waals surface area contributed by atoms with E-state index in [9.17, 15) is 13.2 Å². The number of amides is 1. The number of anilines is 1. The van der Waals surface area contributed by atoms with Crippen molar-refractivity contribution in [2.24, 2.45) is 0 Å². The molecule has 8 heteroatoms. The van der Waals surface area contributed by atoms with E-state index < -0.39 is 15.1 Å². The predicted molar refractivity (Wildman–Crippen MR) is 133 cm³/mol. The molecule has 1 aliphatic heterocycles. The average molecular weight is 486 g/mol. The van der Waals surface area contributed by atoms with Gasteiger partial charge in [-0.15, -0.1) is 0 Å². The number of hydrogen-bond donors (Lipinski definition) is 1. The highest BCUT2D eigenvalue weighted by Crippen LogP contribution is 2.26. The summed E-state index contributed by atoms with van der Waals surface area (Å²) in [5.74, 6) is -0.229. The van der Waals surface area contributed by atoms with Crippen LogP contribution < -0.4 is 10.2 Å². The second-order valence-electron chi connectivity index (χ2n) is 8.70. The van der Waals surface area contributed by atoms with Crippen LogP contribution in [0.15, 0.2) is 59.6 Å². The second-order valence-corrected chi connectivity index (χ2v) is 11.5. The molecular weight excluding hydrogens is 458 g/mol. The maximum atomic E-state index is 13.1. The number of halogens is 1. The zero-order valence-corrected chi connectivity index (χ0v) is 20.4. The third-order valence-corrected chi connectivity index (χ3v) is 8.58. The summed E-state index contributed by atoms with van der Waals surface area (Å²) >= 11 is 6.05. The van der Waals surface area contributed by atoms with Gasteiger partial charge in [-0.3, -0.25) is 9.78 Å². The first kappa shape index (κ1) is 23.5. The molecule has 0 saturated carbocycles. The Hall–Kier alpha value is -2.64. The standard InChI is InChI=1S/C25H28ClN3O3S/c1-17-13-23(7-10-27-17)29-11-8-22(9-12-29)28-25(30)14-18(2)33(31,32)24-6-4-19-3-5-21(26)15-20(19)16-24/h3-7,10,13,15-16,18,22H,8-9,11-12,14H2,1-2H3,(H,28,30). The summed E-state index contributed by atoms with van der Waals surface area (Å²) in [7, 11) is -3.65. The van der Waals surface area contributed by atoms with E-state index in [-0.39, 0.29) is 23.3 Å². The van der Waals surface area contributed by atoms with Gasteiger partial charge in [-0.25, -0.2) is 8.42 Å². The minimum Gasteiger partial charge on any atom is -0.371 e. The van der Waals surface area contributed by atoms with Crippen molar-refractivity contribution < 1.29 is 13.2 Å². The fourth-order valence-electron chi connectivity index (χ4n) is 4.27. The topological polar surface area (TPSA) is 79.4 Å². The summed E-state index contributed by atoms with van der Waals surface area (Å²) in [6.07, 6.45) is 3.38. The van der Waals surface area contributed by atoms with E-state index in [4.69, 9.17) is 11.6 Å². The Morgan fingerprint density at radius 3 is 2.58 bits per heavy atom. The molecule has 1 unspecified atom stereocenters. The normalized spacial score (nSPS) is 16.0. The number of nitrogens with one attached hydrogen (secondary N) is 1. The number of sulfone groups is 1. The first-order valence-corrected chi connectivity index (χ1v) is 13.0. The molecule has 0 aliphatic carbocycles. The first-order chi connectivity index (χ1) is 15.7. The van der Waals surface area contributed by atoms with Crippen molar-refractivity contribution in [3.63, 3.8) is 0 Å². The number of aromatic nitrogens is 1. The van der Waals surface area contributed by atoms with Crippen LogP contribution in [0.3, 0.4) is 0 Å². The molecular formula is C25H28ClN3O3S. The van der Waals surface area contributed by atoms with Gasteiger partial charge in [0.05, 0.1) is 10.1 Å². The molecule has 4 rings (SSSR count). The number of fused-ring (bicyclic) bond motifs is 1. The van der Waals surface area contributed by atoms with Crippen molar-refractivity contribution in [1.29, 1.82) is 0 Å². The summed E-state index contributed by atoms with van der Waals surface area (Å²) < 4.78 is 26.2. The molecule has 1 saturated heterocycles. The Morgan fingerprint density at radius 1 is 1.12 bits per heavy atom. The Morgan fingerprint density at radius 2 is 1.85 bits per heavy atom. The van der Waals surface area contributed by atoms with Crippen LogP contribution in [0.2, 0.25) is 5.02 Å². The number of nitrogens with zero attached hydrogens (tertiary/aromatic N) is 2. The van der Waals surface area contributed by atoms with Crippen molar-refractivity contribution in [1.82, 2.24) is 10.3 Å². The van der Waals surface area contributed by atoms with Crippen molar-refractivity contribution in [2.45, 2.75) is 49.3 Å². The fourth-order valence-corrected chi connectivity index (χ4v) is 5.84. The maximum Gasteiger partial charge on any atom is 0.221 e. The molecule has 1 aliphatic rings. The van der Waals surface area contributed by atoms with Crippen molar-refractivity contribution >= 4 is 43.8 Å². The lowest BCUT2D eigenvalue weighted by Gasteiger charge is -2.34. The number of rotatable bonds is 6. The van der Waals surface area contributed by atoms with Crippen LogP contribution in [0.4, 0.5) is 5.69 Å². The largest absolute Gasteiger partial charge is 0.371 e. The van der Waals surface area contributed by atoms with Gasteiger partial charge < -0.3 is 10.2 Å². The van der Waals surface area contributed by atoms with Gasteiger partial charge in [0.15, 0.2) is 9.84 Å². The smallest absolute Gasteiger partial charge is 0.221 e. The molecule has 3 aromatic rings. The number of hydrogen-bond acceptors (Lipinski definition) is 5. The number of benzene rings is 2. The fraction of sp³-hybridized carbons (Fsp3) is 0.360. The molecule has 2 heterocycles. The third-order valence-electron chi connectivity index (χ3n) is 6.21. The zero-order chi connectivity index (χ0) is 23.6. The van der Waals surface area contributed by atoms with E-state index in [1.54, 1.807) is 37.3 Å². The second kappa shape index (κ2) is 9.69. The van der Waals surface area contributed by atoms with Crippen LogP contribution in [0.1, 0.15) is 31.9 Å². The summed E-state index contributed by atoms with van der Waals surface area (Å²) in [5.41, 5.74) is 2.12. The van der Waals surface area contributed by atoms with Gasteiger partial charge in [-0.1, -0.05) is 23.7 Å². The molecule has 6 nitrogen and oxygen atoms in total. The lowest BCUT2D eigenvalue weighted by atomic mass is 10.0. The number of carbonyl (C=O) groups is 1. The van der Waals surface area contributed by atoms with Gasteiger partial charge in [-0.05, 0) is 73.9 Å². The Balaban J connectivity index is 1.34. The average Bonchev–Trinajstić information content (AvgIpc) is 2.79. The van der Waals surface area contributed by atoms with Gasteiger partial charge in [0, 0.05) is 48.2 Å². The SMILES string of the molecule is Cc1cc(N2CCC(NC(=O)CC(C)S(=O)(=O)c3ccc4ccc(Cl)cc4c3)CC2)ccn1. The maximum absolute atomic E-state index is 13.1. The summed E-state index contributed by atoms with van der Waals surface area (Å²) in [5, 5.41) is 4.43. The molecule has 1 aromatic heterocycles. The van der Waals surface area contributed by atoms with Crippen molar-refractivity contribution in [3.8, 4) is 0 Å². The molecule has 0 spiro atoms. The van der Waals surface area contributed by atoms with Crippen LogP contribution in [0.25, 0.3) is 10.8 Å². The minimum absolute atomic E-state index is 0.0504. The van der Waals surface area contributed by atoms with E-state index in [1.165, 1.54) is 0 Å². The highest BCUT2D eigenvalue weighted by Gasteiger charge is 2.28. The molecule has 1 amide bonds. The van der Waals surface area contributed by atoms with E-state index in [1.807, 2.05) is 25.3 Å². The molecule has 1 N–H and O–H groups in total. The molecule has 33 heavy (non-hydrogen) atoms. The van der Waals surface area contributed by atoms with Crippen LogP contribution in [0.5, 0.6) is 0 Å². The molecule has 0 bridgehead atoms. The molecule has 1 atom stereocenters. The van der Waals surface area contributed by atoms with Gasteiger partial charge in [-0.2, -0.15) is 0 Å². The third kappa shape index (κ3) is 5.47. The Labute approximate surface area is 199 Å². The van der Waals surface area contributed by atoms with Crippen molar-refractivity contribution in [3.05, 3.63) is 65.4 Å². The Kier molecular flexibility index (Phi) is 6.91. The minimum atomic E-state index is -3.65. The summed E-state index contributed by atoms with van der Waals surface area (Å²) in [4.78, 5) is 19.4. The highest BCUT2D eigenvalue weighted by molar-refractivity contribution is 7.92. The predicted octanol–water partition coefficient (Wildman–Crippen LogP) is 4.53. The monoisotopic (exact) mass is 485 g/mol. The zero-order valence-electron chi connectivity index (χ0n) is 18.8. The summed E-state index contributed by atoms with van der Waals surface area (Å²) in [6, 6.07) is 14.5. The van der Waals surface area contributed by atoms with Crippen LogP contribution in [0, 0.1) is 6.92 Å². The number of pyridine rings is 1. The molecule has 1 fully saturated rings. The van der Waals surface area contributed by atoms with E-state index >= 15 is 0 Å². The molecule has 0 radical (unpaired) electrons. The van der Waals surface area contributed by atoms with Crippen LogP contribution in [-0.4, -0.2) is 43.7 Å². The van der Waals surface area contributed by atoms with E-state index in [0.717, 1.165) is 48.1 Å². The quantitative estimate of drug-likeness (QED) is 0.554. The number of carbonyl (C=O) groups excluding carboxylic acids is 1. The molecule has 2 aromatic carbocycles. The number of piperidine rings is 1. The Bertz CT molecular complexity index is 1270. The van der Waals surface area contributed by atoms with Gasteiger partial charge in [0.1, 0.15) is 0 Å². The van der Waals surface area contributed by atoms with Crippen molar-refractivity contribution in [2.75, 3.05) is 18.0 Å². The van der Waals surface area contributed by atoms with Crippen LogP contribution >= 0.6 is 11.6 Å². The summed E-state index contributed by atoms with van der Waals surface area (Å²) in [6.45, 7) is 5.23. The van der Waals surface area contributed by atoms with Gasteiger partial charge in [0.25, 0.3) is 0 Å².